The van der Waals surface area contributed by atoms with Gasteiger partial charge in [-0.2, -0.15) is 0 Å². The number of hydrogen-bond acceptors (Lipinski definition) is 6. The molecule has 0 aliphatic rings. The third kappa shape index (κ3) is 3.01. The van der Waals surface area contributed by atoms with Crippen LogP contribution >= 0.6 is 11.3 Å². The summed E-state index contributed by atoms with van der Waals surface area (Å²) in [4.78, 5) is 16.7. The van der Waals surface area contributed by atoms with E-state index in [0.717, 1.165) is 22.6 Å². The Morgan fingerprint density at radius 1 is 1.16 bits per heavy atom. The number of aromatic nitrogens is 5. The zero-order valence-corrected chi connectivity index (χ0v) is 14.1. The fraction of sp³-hybridized carbons (Fsp3) is 0.111. The lowest BCUT2D eigenvalue weighted by molar-refractivity contribution is 0.122. The fourth-order valence-electron chi connectivity index (χ4n) is 2.40. The Morgan fingerprint density at radius 2 is 2.08 bits per heavy atom. The van der Waals surface area contributed by atoms with Gasteiger partial charge in [-0.25, -0.2) is 19.9 Å². The van der Waals surface area contributed by atoms with Gasteiger partial charge >= 0.3 is 0 Å². The molecule has 1 atom stereocenters. The maximum atomic E-state index is 10.5. The Kier molecular flexibility index (Phi) is 3.76. The zero-order valence-electron chi connectivity index (χ0n) is 13.3. The van der Waals surface area contributed by atoms with Crippen LogP contribution in [0.15, 0.2) is 54.7 Å². The zero-order chi connectivity index (χ0) is 17.3. The summed E-state index contributed by atoms with van der Waals surface area (Å²) < 4.78 is 1.92. The number of fused-ring (bicyclic) bond motifs is 1. The molecule has 7 heteroatoms. The van der Waals surface area contributed by atoms with E-state index < -0.39 is 5.60 Å². The Morgan fingerprint density at radius 3 is 2.84 bits per heavy atom. The van der Waals surface area contributed by atoms with Gasteiger partial charge in [0.15, 0.2) is 5.60 Å². The Bertz CT molecular complexity index is 1080. The highest BCUT2D eigenvalue weighted by Gasteiger charge is 2.22. The first-order chi connectivity index (χ1) is 12.1. The first-order valence-corrected chi connectivity index (χ1v) is 8.40. The number of pyridine rings is 1. The third-order valence-electron chi connectivity index (χ3n) is 3.65. The molecule has 1 unspecified atom stereocenters. The van der Waals surface area contributed by atoms with E-state index in [1.807, 2.05) is 34.2 Å². The summed E-state index contributed by atoms with van der Waals surface area (Å²) in [5, 5.41) is 12.9. The molecule has 0 bridgehead atoms. The van der Waals surface area contributed by atoms with Crippen LogP contribution in [0.2, 0.25) is 0 Å². The quantitative estimate of drug-likeness (QED) is 0.564. The van der Waals surface area contributed by atoms with Gasteiger partial charge in [-0.3, -0.25) is 4.40 Å². The van der Waals surface area contributed by atoms with Crippen LogP contribution in [0.3, 0.4) is 0 Å². The van der Waals surface area contributed by atoms with E-state index in [2.05, 4.69) is 31.8 Å². The minimum atomic E-state index is -1.28. The molecule has 0 amide bonds. The average molecular weight is 347 g/mol. The molecule has 4 heterocycles. The van der Waals surface area contributed by atoms with Gasteiger partial charge in [-0.15, -0.1) is 11.3 Å². The van der Waals surface area contributed by atoms with Crippen LogP contribution in [0.1, 0.15) is 17.5 Å². The highest BCUT2D eigenvalue weighted by Crippen LogP contribution is 2.22. The van der Waals surface area contributed by atoms with Crippen molar-refractivity contribution in [1.82, 2.24) is 24.3 Å². The molecule has 0 fully saturated rings. The lowest BCUT2D eigenvalue weighted by Crippen LogP contribution is -2.17. The molecule has 4 aromatic heterocycles. The summed E-state index contributed by atoms with van der Waals surface area (Å²) in [6, 6.07) is 5.58. The summed E-state index contributed by atoms with van der Waals surface area (Å²) in [7, 11) is 0. The minimum Gasteiger partial charge on any atom is -0.371 e. The van der Waals surface area contributed by atoms with E-state index in [1.54, 1.807) is 25.5 Å². The van der Waals surface area contributed by atoms with Crippen molar-refractivity contribution < 1.29 is 5.11 Å². The number of aliphatic hydroxyl groups is 1. The molecule has 0 saturated heterocycles. The van der Waals surface area contributed by atoms with Crippen LogP contribution in [0.5, 0.6) is 0 Å². The Balaban J connectivity index is 1.74. The van der Waals surface area contributed by atoms with Gasteiger partial charge in [-0.05, 0) is 25.1 Å². The average Bonchev–Trinajstić information content (AvgIpc) is 3.31. The van der Waals surface area contributed by atoms with E-state index >= 15 is 0 Å². The van der Waals surface area contributed by atoms with Crippen molar-refractivity contribution in [2.75, 3.05) is 0 Å². The maximum absolute atomic E-state index is 10.5. The normalized spacial score (nSPS) is 13.2. The van der Waals surface area contributed by atoms with Gasteiger partial charge in [0, 0.05) is 29.5 Å². The predicted octanol–water partition coefficient (Wildman–Crippen LogP) is 2.51. The molecule has 6 nitrogen and oxygen atoms in total. The molecule has 0 spiro atoms. The second kappa shape index (κ2) is 6.09. The van der Waals surface area contributed by atoms with Crippen molar-refractivity contribution in [1.29, 1.82) is 0 Å². The highest BCUT2D eigenvalue weighted by atomic mass is 32.1. The van der Waals surface area contributed by atoms with Gasteiger partial charge in [0.05, 0.1) is 17.6 Å². The fourth-order valence-corrected chi connectivity index (χ4v) is 3.05. The number of hydrogen-bond donors (Lipinski definition) is 1. The van der Waals surface area contributed by atoms with E-state index in [9.17, 15) is 5.11 Å². The SMILES string of the molecule is CC(O)(C#Cc1ccc2ncc(-c3ccncn3)n2c1)c1nccs1. The third-order valence-corrected chi connectivity index (χ3v) is 4.63. The molecule has 25 heavy (non-hydrogen) atoms. The van der Waals surface area contributed by atoms with E-state index in [-0.39, 0.29) is 0 Å². The topological polar surface area (TPSA) is 76.2 Å². The summed E-state index contributed by atoms with van der Waals surface area (Å²) in [6.45, 7) is 1.64. The molecular formula is C18H13N5OS. The first-order valence-electron chi connectivity index (χ1n) is 7.52. The van der Waals surface area contributed by atoms with Crippen molar-refractivity contribution in [3.63, 3.8) is 0 Å². The van der Waals surface area contributed by atoms with Gasteiger partial charge in [-0.1, -0.05) is 11.8 Å². The predicted molar refractivity (Wildman–Crippen MR) is 94.8 cm³/mol. The smallest absolute Gasteiger partial charge is 0.174 e. The minimum absolute atomic E-state index is 0.574. The van der Waals surface area contributed by atoms with Crippen molar-refractivity contribution in [3.05, 3.63) is 65.3 Å². The summed E-state index contributed by atoms with van der Waals surface area (Å²) in [6.07, 6.45) is 8.49. The summed E-state index contributed by atoms with van der Waals surface area (Å²) in [5.74, 6) is 5.91. The molecule has 0 aliphatic carbocycles. The van der Waals surface area contributed by atoms with Crippen LogP contribution in [0, 0.1) is 11.8 Å². The summed E-state index contributed by atoms with van der Waals surface area (Å²) in [5.41, 5.74) is 1.91. The maximum Gasteiger partial charge on any atom is 0.174 e. The number of nitrogens with zero attached hydrogens (tertiary/aromatic N) is 5. The second-order valence-corrected chi connectivity index (χ2v) is 6.44. The van der Waals surface area contributed by atoms with E-state index in [4.69, 9.17) is 0 Å². The number of imidazole rings is 1. The van der Waals surface area contributed by atoms with Crippen molar-refractivity contribution in [3.8, 4) is 23.2 Å². The monoisotopic (exact) mass is 347 g/mol. The molecule has 4 aromatic rings. The molecule has 0 aromatic carbocycles. The largest absolute Gasteiger partial charge is 0.371 e. The van der Waals surface area contributed by atoms with Crippen LogP contribution in [0.25, 0.3) is 17.0 Å². The molecule has 0 saturated carbocycles. The van der Waals surface area contributed by atoms with Crippen LogP contribution in [-0.2, 0) is 5.60 Å². The van der Waals surface area contributed by atoms with Gasteiger partial charge < -0.3 is 5.11 Å². The second-order valence-electron chi connectivity index (χ2n) is 5.54. The van der Waals surface area contributed by atoms with Crippen molar-refractivity contribution in [2.24, 2.45) is 0 Å². The van der Waals surface area contributed by atoms with E-state index in [0.29, 0.717) is 5.01 Å². The van der Waals surface area contributed by atoms with Gasteiger partial charge in [0.25, 0.3) is 0 Å². The van der Waals surface area contributed by atoms with Gasteiger partial charge in [0.2, 0.25) is 0 Å². The Labute approximate surface area is 147 Å². The lowest BCUT2D eigenvalue weighted by Gasteiger charge is -2.11. The summed E-state index contributed by atoms with van der Waals surface area (Å²) >= 11 is 1.38. The number of thiazole rings is 1. The standard InChI is InChI=1S/C18H13N5OS/c1-18(24,17-20-8-9-25-17)6-4-13-2-3-16-21-10-15(23(16)11-13)14-5-7-19-12-22-14/h2-3,5,7-12,24H,1H3. The van der Waals surface area contributed by atoms with Crippen molar-refractivity contribution >= 4 is 17.0 Å². The lowest BCUT2D eigenvalue weighted by atomic mass is 10.1. The molecular weight excluding hydrogens is 334 g/mol. The van der Waals surface area contributed by atoms with Crippen LogP contribution < -0.4 is 0 Å². The van der Waals surface area contributed by atoms with Crippen LogP contribution in [0.4, 0.5) is 0 Å². The molecule has 122 valence electrons. The Hall–Kier alpha value is -3.08. The molecule has 1 N–H and O–H groups in total. The van der Waals surface area contributed by atoms with E-state index in [1.165, 1.54) is 17.7 Å². The van der Waals surface area contributed by atoms with Gasteiger partial charge in [0.1, 0.15) is 17.0 Å². The number of rotatable bonds is 2. The van der Waals surface area contributed by atoms with Crippen LogP contribution in [-0.4, -0.2) is 29.4 Å². The molecule has 0 radical (unpaired) electrons. The van der Waals surface area contributed by atoms with Crippen molar-refractivity contribution in [2.45, 2.75) is 12.5 Å². The molecule has 4 rings (SSSR count). The molecule has 0 aliphatic heterocycles. The first kappa shape index (κ1) is 15.4. The highest BCUT2D eigenvalue weighted by molar-refractivity contribution is 7.09.